The van der Waals surface area contributed by atoms with Crippen LogP contribution in [0.3, 0.4) is 0 Å². The van der Waals surface area contributed by atoms with Crippen LogP contribution in [0.4, 0.5) is 0 Å². The highest BCUT2D eigenvalue weighted by molar-refractivity contribution is 8.23. The van der Waals surface area contributed by atoms with Gasteiger partial charge in [-0.15, -0.1) is 0 Å². The second-order valence-corrected chi connectivity index (χ2v) is 8.92. The minimum absolute atomic E-state index is 0.561. The molecule has 1 heterocycles. The van der Waals surface area contributed by atoms with Gasteiger partial charge in [0.2, 0.25) is 0 Å². The van der Waals surface area contributed by atoms with Crippen LogP contribution in [0, 0.1) is 11.8 Å². The van der Waals surface area contributed by atoms with E-state index in [0.717, 1.165) is 27.2 Å². The standard InChI is InChI=1S/C15H28BNS2/c1-9(2)11-6-5-7-13-14(8-12(11)16)19-15(18)17(13)10(3)4/h9-14H,5-8,16H2,1-4H3. The molecule has 2 fully saturated rings. The van der Waals surface area contributed by atoms with Crippen LogP contribution < -0.4 is 0 Å². The monoisotopic (exact) mass is 297 g/mol. The molecule has 0 spiro atoms. The van der Waals surface area contributed by atoms with Crippen molar-refractivity contribution >= 4 is 36.1 Å². The Hall–Kier alpha value is 0.305. The largest absolute Gasteiger partial charge is 0.351 e. The molecule has 2 rings (SSSR count). The molecular weight excluding hydrogens is 269 g/mol. The first-order valence-electron chi connectivity index (χ1n) is 7.90. The normalized spacial score (nSPS) is 36.5. The minimum Gasteiger partial charge on any atom is -0.351 e. The molecule has 1 aliphatic heterocycles. The third-order valence-corrected chi connectivity index (χ3v) is 6.76. The first-order valence-corrected chi connectivity index (χ1v) is 9.19. The van der Waals surface area contributed by atoms with Crippen LogP contribution in [-0.2, 0) is 0 Å². The lowest BCUT2D eigenvalue weighted by Crippen LogP contribution is -2.42. The summed E-state index contributed by atoms with van der Waals surface area (Å²) >= 11 is 7.61. The van der Waals surface area contributed by atoms with Crippen LogP contribution in [0.5, 0.6) is 0 Å². The first-order chi connectivity index (χ1) is 8.91. The Morgan fingerprint density at radius 1 is 1.26 bits per heavy atom. The molecule has 1 aliphatic carbocycles. The topological polar surface area (TPSA) is 3.24 Å². The maximum Gasteiger partial charge on any atom is 0.137 e. The molecule has 4 heteroatoms. The van der Waals surface area contributed by atoms with Crippen molar-refractivity contribution in [3.63, 3.8) is 0 Å². The molecule has 0 aromatic rings. The smallest absolute Gasteiger partial charge is 0.137 e. The summed E-state index contributed by atoms with van der Waals surface area (Å²) in [6.07, 6.45) is 5.47. The van der Waals surface area contributed by atoms with Gasteiger partial charge in [0.15, 0.2) is 0 Å². The summed E-state index contributed by atoms with van der Waals surface area (Å²) in [4.78, 5) is 2.52. The Balaban J connectivity index is 2.12. The SMILES string of the molecule is BC1CC2SC(=S)N(C(C)C)C2CCCC1C(C)C. The van der Waals surface area contributed by atoms with Gasteiger partial charge in [-0.05, 0) is 38.5 Å². The van der Waals surface area contributed by atoms with Gasteiger partial charge < -0.3 is 4.90 Å². The van der Waals surface area contributed by atoms with Crippen LogP contribution in [0.15, 0.2) is 0 Å². The van der Waals surface area contributed by atoms with Crippen molar-refractivity contribution in [2.24, 2.45) is 11.8 Å². The molecule has 2 aliphatic rings. The fourth-order valence-corrected chi connectivity index (χ4v) is 6.35. The summed E-state index contributed by atoms with van der Waals surface area (Å²) < 4.78 is 1.15. The maximum atomic E-state index is 5.63. The van der Waals surface area contributed by atoms with Crippen LogP contribution in [0.2, 0.25) is 5.82 Å². The minimum atomic E-state index is 0.561. The highest BCUT2D eigenvalue weighted by Crippen LogP contribution is 2.45. The zero-order chi connectivity index (χ0) is 14.2. The van der Waals surface area contributed by atoms with Crippen molar-refractivity contribution < 1.29 is 0 Å². The van der Waals surface area contributed by atoms with E-state index in [1.54, 1.807) is 0 Å². The second kappa shape index (κ2) is 6.38. The van der Waals surface area contributed by atoms with E-state index in [1.807, 2.05) is 11.8 Å². The van der Waals surface area contributed by atoms with E-state index >= 15 is 0 Å². The lowest BCUT2D eigenvalue weighted by molar-refractivity contribution is 0.214. The van der Waals surface area contributed by atoms with Gasteiger partial charge in [-0.1, -0.05) is 56.5 Å². The van der Waals surface area contributed by atoms with Crippen molar-refractivity contribution in [2.45, 2.75) is 76.5 Å². The zero-order valence-corrected chi connectivity index (χ0v) is 14.7. The Labute approximate surface area is 129 Å². The molecule has 4 unspecified atom stereocenters. The summed E-state index contributed by atoms with van der Waals surface area (Å²) in [6, 6.07) is 1.26. The van der Waals surface area contributed by atoms with Gasteiger partial charge in [-0.3, -0.25) is 0 Å². The number of hydrogen-bond donors (Lipinski definition) is 0. The van der Waals surface area contributed by atoms with E-state index in [-0.39, 0.29) is 0 Å². The van der Waals surface area contributed by atoms with Crippen LogP contribution in [0.1, 0.15) is 53.4 Å². The van der Waals surface area contributed by atoms with Crippen LogP contribution in [-0.4, -0.2) is 34.4 Å². The Kier molecular flexibility index (Phi) is 5.27. The van der Waals surface area contributed by atoms with Gasteiger partial charge in [0.1, 0.15) is 12.2 Å². The van der Waals surface area contributed by atoms with Gasteiger partial charge in [0.25, 0.3) is 0 Å². The third kappa shape index (κ3) is 3.32. The second-order valence-electron chi connectivity index (χ2n) is 7.04. The highest BCUT2D eigenvalue weighted by Gasteiger charge is 2.41. The Morgan fingerprint density at radius 2 is 1.95 bits per heavy atom. The van der Waals surface area contributed by atoms with E-state index in [4.69, 9.17) is 12.2 Å². The van der Waals surface area contributed by atoms with Gasteiger partial charge in [-0.25, -0.2) is 0 Å². The molecular formula is C15H28BNS2. The average Bonchev–Trinajstić information content (AvgIpc) is 2.57. The lowest BCUT2D eigenvalue weighted by atomic mass is 9.65. The molecule has 1 nitrogen and oxygen atoms in total. The molecule has 0 amide bonds. The number of thiocarbonyl (C=S) groups is 1. The van der Waals surface area contributed by atoms with Gasteiger partial charge in [0.05, 0.1) is 0 Å². The van der Waals surface area contributed by atoms with E-state index < -0.39 is 0 Å². The van der Waals surface area contributed by atoms with Crippen molar-refractivity contribution in [2.75, 3.05) is 0 Å². The fourth-order valence-electron chi connectivity index (χ4n) is 4.09. The molecule has 19 heavy (non-hydrogen) atoms. The summed E-state index contributed by atoms with van der Waals surface area (Å²) in [5, 5.41) is 0.742. The molecule has 0 aromatic heterocycles. The number of fused-ring (bicyclic) bond motifs is 1. The maximum absolute atomic E-state index is 5.63. The molecule has 0 bridgehead atoms. The summed E-state index contributed by atoms with van der Waals surface area (Å²) in [5.74, 6) is 2.57. The van der Waals surface area contributed by atoms with E-state index in [2.05, 4.69) is 40.4 Å². The predicted octanol–water partition coefficient (Wildman–Crippen LogP) is 3.73. The van der Waals surface area contributed by atoms with E-state index in [9.17, 15) is 0 Å². The fraction of sp³-hybridized carbons (Fsp3) is 0.933. The molecule has 1 saturated carbocycles. The first kappa shape index (κ1) is 15.7. The van der Waals surface area contributed by atoms with E-state index in [1.165, 1.54) is 25.7 Å². The summed E-state index contributed by atoms with van der Waals surface area (Å²) in [6.45, 7) is 9.36. The number of rotatable bonds is 2. The third-order valence-electron chi connectivity index (χ3n) is 5.03. The van der Waals surface area contributed by atoms with E-state index in [0.29, 0.717) is 12.1 Å². The van der Waals surface area contributed by atoms with Crippen molar-refractivity contribution in [3.05, 3.63) is 0 Å². The van der Waals surface area contributed by atoms with Gasteiger partial charge in [-0.2, -0.15) is 0 Å². The van der Waals surface area contributed by atoms with Crippen molar-refractivity contribution in [1.82, 2.24) is 4.90 Å². The van der Waals surface area contributed by atoms with Crippen LogP contribution >= 0.6 is 24.0 Å². The molecule has 4 atom stereocenters. The van der Waals surface area contributed by atoms with Crippen LogP contribution in [0.25, 0.3) is 0 Å². The molecule has 108 valence electrons. The predicted molar refractivity (Wildman–Crippen MR) is 93.8 cm³/mol. The van der Waals surface area contributed by atoms with Crippen molar-refractivity contribution in [3.8, 4) is 0 Å². The zero-order valence-electron chi connectivity index (χ0n) is 13.1. The number of hydrogen-bond acceptors (Lipinski definition) is 2. The lowest BCUT2D eigenvalue weighted by Gasteiger charge is -2.37. The Bertz CT molecular complexity index is 332. The molecule has 1 saturated heterocycles. The molecule has 0 radical (unpaired) electrons. The quantitative estimate of drug-likeness (QED) is 0.565. The average molecular weight is 297 g/mol. The van der Waals surface area contributed by atoms with Crippen molar-refractivity contribution in [1.29, 1.82) is 0 Å². The molecule has 0 aromatic carbocycles. The van der Waals surface area contributed by atoms with Gasteiger partial charge in [0, 0.05) is 17.3 Å². The summed E-state index contributed by atoms with van der Waals surface area (Å²) in [5.41, 5.74) is 0. The number of nitrogens with zero attached hydrogens (tertiary/aromatic N) is 1. The molecule has 0 N–H and O–H groups in total. The summed E-state index contributed by atoms with van der Waals surface area (Å²) in [7, 11) is 2.47. The Morgan fingerprint density at radius 3 is 2.53 bits per heavy atom. The van der Waals surface area contributed by atoms with Gasteiger partial charge >= 0.3 is 0 Å². The highest BCUT2D eigenvalue weighted by atomic mass is 32.2. The number of thioether (sulfide) groups is 1.